The van der Waals surface area contributed by atoms with Gasteiger partial charge in [0.05, 0.1) is 13.2 Å². The zero-order valence-corrected chi connectivity index (χ0v) is 11.3. The van der Waals surface area contributed by atoms with E-state index in [1.807, 2.05) is 0 Å². The van der Waals surface area contributed by atoms with Crippen LogP contribution in [0.4, 0.5) is 0 Å². The van der Waals surface area contributed by atoms with Gasteiger partial charge in [-0.15, -0.1) is 0 Å². The Bertz CT molecular complexity index is 441. The highest BCUT2D eigenvalue weighted by molar-refractivity contribution is 5.88. The van der Waals surface area contributed by atoms with Gasteiger partial charge < -0.3 is 14.6 Å². The van der Waals surface area contributed by atoms with Crippen molar-refractivity contribution < 1.29 is 19.4 Å². The van der Waals surface area contributed by atoms with Crippen LogP contribution in [0.2, 0.25) is 0 Å². The minimum Gasteiger partial charge on any atom is -0.478 e. The molecule has 1 aliphatic heterocycles. The van der Waals surface area contributed by atoms with Gasteiger partial charge in [0.25, 0.3) is 0 Å². The van der Waals surface area contributed by atoms with Crippen LogP contribution in [-0.2, 0) is 6.54 Å². The SMILES string of the molecule is Cc1oc(CN2CCCCCC2CO)cc1C(=O)O. The molecule has 19 heavy (non-hydrogen) atoms. The number of aryl methyl sites for hydroxylation is 1. The Morgan fingerprint density at radius 2 is 2.26 bits per heavy atom. The number of aliphatic hydroxyl groups excluding tert-OH is 1. The van der Waals surface area contributed by atoms with Gasteiger partial charge in [-0.1, -0.05) is 12.8 Å². The summed E-state index contributed by atoms with van der Waals surface area (Å²) in [5, 5.41) is 18.5. The van der Waals surface area contributed by atoms with Crippen LogP contribution in [0.15, 0.2) is 10.5 Å². The van der Waals surface area contributed by atoms with Gasteiger partial charge in [0, 0.05) is 6.04 Å². The maximum atomic E-state index is 11.0. The molecule has 0 amide bonds. The maximum Gasteiger partial charge on any atom is 0.339 e. The van der Waals surface area contributed by atoms with Gasteiger partial charge in [-0.25, -0.2) is 4.79 Å². The minimum atomic E-state index is -0.956. The van der Waals surface area contributed by atoms with Crippen LogP contribution in [0, 0.1) is 6.92 Å². The summed E-state index contributed by atoms with van der Waals surface area (Å²) in [4.78, 5) is 13.2. The van der Waals surface area contributed by atoms with Crippen LogP contribution in [-0.4, -0.2) is 40.3 Å². The Hall–Kier alpha value is -1.33. The van der Waals surface area contributed by atoms with Gasteiger partial charge in [0.1, 0.15) is 17.1 Å². The zero-order chi connectivity index (χ0) is 13.8. The molecule has 5 heteroatoms. The molecule has 0 bridgehead atoms. The van der Waals surface area contributed by atoms with Gasteiger partial charge in [-0.05, 0) is 32.4 Å². The van der Waals surface area contributed by atoms with Crippen molar-refractivity contribution >= 4 is 5.97 Å². The van der Waals surface area contributed by atoms with E-state index in [2.05, 4.69) is 4.90 Å². The summed E-state index contributed by atoms with van der Waals surface area (Å²) in [6, 6.07) is 1.75. The second-order valence-electron chi connectivity index (χ2n) is 5.14. The van der Waals surface area contributed by atoms with Gasteiger partial charge in [-0.2, -0.15) is 0 Å². The monoisotopic (exact) mass is 267 g/mol. The summed E-state index contributed by atoms with van der Waals surface area (Å²) >= 11 is 0. The molecule has 106 valence electrons. The lowest BCUT2D eigenvalue weighted by Crippen LogP contribution is -2.36. The number of rotatable bonds is 4. The van der Waals surface area contributed by atoms with Crippen LogP contribution in [0.1, 0.15) is 47.6 Å². The molecule has 1 aliphatic rings. The Kier molecular flexibility index (Phi) is 4.61. The number of aliphatic hydroxyl groups is 1. The normalized spacial score (nSPS) is 21.3. The molecule has 2 rings (SSSR count). The van der Waals surface area contributed by atoms with Crippen molar-refractivity contribution in [1.82, 2.24) is 4.90 Å². The number of carbonyl (C=O) groups is 1. The average Bonchev–Trinajstić information content (AvgIpc) is 2.59. The van der Waals surface area contributed by atoms with Crippen LogP contribution in [0.25, 0.3) is 0 Å². The molecule has 2 heterocycles. The first kappa shape index (κ1) is 14.1. The lowest BCUT2D eigenvalue weighted by molar-refractivity contribution is 0.0695. The first-order valence-electron chi connectivity index (χ1n) is 6.79. The summed E-state index contributed by atoms with van der Waals surface area (Å²) < 4.78 is 5.51. The number of hydrogen-bond acceptors (Lipinski definition) is 4. The van der Waals surface area contributed by atoms with E-state index in [9.17, 15) is 9.90 Å². The standard InChI is InChI=1S/C14H21NO4/c1-10-13(14(17)18)7-12(19-10)8-15-6-4-2-3-5-11(15)9-16/h7,11,16H,2-6,8-9H2,1H3,(H,17,18). The molecule has 1 aromatic heterocycles. The summed E-state index contributed by atoms with van der Waals surface area (Å²) in [7, 11) is 0. The molecule has 2 N–H and O–H groups in total. The summed E-state index contributed by atoms with van der Waals surface area (Å²) in [5.41, 5.74) is 0.227. The molecular formula is C14H21NO4. The Morgan fingerprint density at radius 3 is 2.89 bits per heavy atom. The Morgan fingerprint density at radius 1 is 1.47 bits per heavy atom. The van der Waals surface area contributed by atoms with Gasteiger partial charge in [0.15, 0.2) is 0 Å². The molecule has 0 aliphatic carbocycles. The maximum absolute atomic E-state index is 11.0. The molecule has 0 radical (unpaired) electrons. The van der Waals surface area contributed by atoms with Crippen LogP contribution < -0.4 is 0 Å². The van der Waals surface area contributed by atoms with Crippen molar-refractivity contribution in [2.75, 3.05) is 13.2 Å². The fourth-order valence-electron chi connectivity index (χ4n) is 2.69. The van der Waals surface area contributed by atoms with E-state index in [4.69, 9.17) is 9.52 Å². The molecule has 0 saturated carbocycles. The third kappa shape index (κ3) is 3.36. The van der Waals surface area contributed by atoms with Crippen molar-refractivity contribution in [3.63, 3.8) is 0 Å². The van der Waals surface area contributed by atoms with E-state index >= 15 is 0 Å². The third-order valence-corrected chi connectivity index (χ3v) is 3.77. The molecule has 1 saturated heterocycles. The van der Waals surface area contributed by atoms with Crippen molar-refractivity contribution in [1.29, 1.82) is 0 Å². The first-order valence-corrected chi connectivity index (χ1v) is 6.79. The second-order valence-corrected chi connectivity index (χ2v) is 5.14. The molecule has 0 aromatic carbocycles. The number of furan rings is 1. The molecular weight excluding hydrogens is 246 g/mol. The molecule has 1 fully saturated rings. The van der Waals surface area contributed by atoms with E-state index in [0.717, 1.165) is 25.8 Å². The molecule has 0 spiro atoms. The van der Waals surface area contributed by atoms with Crippen molar-refractivity contribution in [3.8, 4) is 0 Å². The van der Waals surface area contributed by atoms with Gasteiger partial charge in [0.2, 0.25) is 0 Å². The molecule has 1 aromatic rings. The largest absolute Gasteiger partial charge is 0.478 e. The van der Waals surface area contributed by atoms with Gasteiger partial charge >= 0.3 is 5.97 Å². The van der Waals surface area contributed by atoms with E-state index < -0.39 is 5.97 Å². The number of aromatic carboxylic acids is 1. The predicted molar refractivity (Wildman–Crippen MR) is 70.2 cm³/mol. The van der Waals surface area contributed by atoms with E-state index in [-0.39, 0.29) is 18.2 Å². The third-order valence-electron chi connectivity index (χ3n) is 3.77. The van der Waals surface area contributed by atoms with E-state index in [1.165, 1.54) is 6.42 Å². The highest BCUT2D eigenvalue weighted by Gasteiger charge is 2.22. The summed E-state index contributed by atoms with van der Waals surface area (Å²) in [6.07, 6.45) is 4.42. The molecule has 1 atom stereocenters. The van der Waals surface area contributed by atoms with Gasteiger partial charge in [-0.3, -0.25) is 4.90 Å². The quantitative estimate of drug-likeness (QED) is 0.873. The Balaban J connectivity index is 2.10. The lowest BCUT2D eigenvalue weighted by atomic mass is 10.1. The van der Waals surface area contributed by atoms with E-state index in [0.29, 0.717) is 18.1 Å². The second kappa shape index (κ2) is 6.21. The number of hydrogen-bond donors (Lipinski definition) is 2. The molecule has 1 unspecified atom stereocenters. The highest BCUT2D eigenvalue weighted by atomic mass is 16.4. The summed E-state index contributed by atoms with van der Waals surface area (Å²) in [6.45, 7) is 3.30. The Labute approximate surface area is 112 Å². The fraction of sp³-hybridized carbons (Fsp3) is 0.643. The number of nitrogens with zero attached hydrogens (tertiary/aromatic N) is 1. The predicted octanol–water partition coefficient (Wildman–Crippen LogP) is 2.02. The highest BCUT2D eigenvalue weighted by Crippen LogP contribution is 2.21. The topological polar surface area (TPSA) is 73.9 Å². The molecule has 5 nitrogen and oxygen atoms in total. The smallest absolute Gasteiger partial charge is 0.339 e. The number of likely N-dealkylation sites (tertiary alicyclic amines) is 1. The zero-order valence-electron chi connectivity index (χ0n) is 11.3. The average molecular weight is 267 g/mol. The van der Waals surface area contributed by atoms with Crippen molar-refractivity contribution in [3.05, 3.63) is 23.2 Å². The van der Waals surface area contributed by atoms with Crippen LogP contribution >= 0.6 is 0 Å². The number of carboxylic acid groups (broad SMARTS) is 1. The minimum absolute atomic E-state index is 0.144. The van der Waals surface area contributed by atoms with Crippen molar-refractivity contribution in [2.45, 2.75) is 45.2 Å². The van der Waals surface area contributed by atoms with Crippen LogP contribution in [0.5, 0.6) is 0 Å². The first-order chi connectivity index (χ1) is 9.11. The summed E-state index contributed by atoms with van der Waals surface area (Å²) in [5.74, 6) is 0.148. The van der Waals surface area contributed by atoms with E-state index in [1.54, 1.807) is 13.0 Å². The number of carboxylic acids is 1. The lowest BCUT2D eigenvalue weighted by Gasteiger charge is -2.27. The fourth-order valence-corrected chi connectivity index (χ4v) is 2.69. The van der Waals surface area contributed by atoms with Crippen LogP contribution in [0.3, 0.4) is 0 Å². The van der Waals surface area contributed by atoms with Crippen molar-refractivity contribution in [2.24, 2.45) is 0 Å².